The van der Waals surface area contributed by atoms with Crippen molar-refractivity contribution in [3.63, 3.8) is 0 Å². The topological polar surface area (TPSA) is 64.4 Å². The first-order chi connectivity index (χ1) is 10.2. The van der Waals surface area contributed by atoms with Gasteiger partial charge in [-0.15, -0.1) is 11.3 Å². The average molecular weight is 304 g/mol. The van der Waals surface area contributed by atoms with E-state index in [0.717, 1.165) is 46.5 Å². The van der Waals surface area contributed by atoms with Crippen molar-refractivity contribution in [1.29, 1.82) is 0 Å². The number of hydrogen-bond acceptors (Lipinski definition) is 4. The standard InChI is InChI=1S/C16H20N2O2S/c17-12-4-5-14-11(9-12)10-15(21-14)16(19)18-7-6-13-3-1-2-8-20-13/h4-5,9-10,13H,1-3,6-8,17H2,(H,18,19). The molecule has 0 bridgehead atoms. The fraction of sp³-hybridized carbons (Fsp3) is 0.438. The molecule has 1 aromatic heterocycles. The van der Waals surface area contributed by atoms with Crippen LogP contribution in [0.4, 0.5) is 5.69 Å². The van der Waals surface area contributed by atoms with E-state index in [9.17, 15) is 4.79 Å². The Labute approximate surface area is 128 Å². The maximum atomic E-state index is 12.2. The summed E-state index contributed by atoms with van der Waals surface area (Å²) in [4.78, 5) is 12.9. The highest BCUT2D eigenvalue weighted by atomic mass is 32.1. The number of carbonyl (C=O) groups excluding carboxylic acids is 1. The number of thiophene rings is 1. The van der Waals surface area contributed by atoms with Gasteiger partial charge >= 0.3 is 0 Å². The van der Waals surface area contributed by atoms with Gasteiger partial charge in [-0.25, -0.2) is 0 Å². The zero-order valence-corrected chi connectivity index (χ0v) is 12.7. The van der Waals surface area contributed by atoms with Crippen molar-refractivity contribution in [2.45, 2.75) is 31.8 Å². The van der Waals surface area contributed by atoms with E-state index in [1.165, 1.54) is 17.8 Å². The molecule has 5 heteroatoms. The molecule has 0 saturated carbocycles. The second-order valence-corrected chi connectivity index (χ2v) is 6.52. The van der Waals surface area contributed by atoms with Crippen molar-refractivity contribution in [1.82, 2.24) is 5.32 Å². The molecule has 2 aromatic rings. The Bertz CT molecular complexity index is 632. The minimum Gasteiger partial charge on any atom is -0.399 e. The van der Waals surface area contributed by atoms with Crippen LogP contribution in [-0.4, -0.2) is 25.2 Å². The molecule has 21 heavy (non-hydrogen) atoms. The molecule has 1 atom stereocenters. The van der Waals surface area contributed by atoms with E-state index in [1.807, 2.05) is 24.3 Å². The quantitative estimate of drug-likeness (QED) is 0.853. The Hall–Kier alpha value is -1.59. The van der Waals surface area contributed by atoms with Gasteiger partial charge in [0, 0.05) is 23.5 Å². The monoisotopic (exact) mass is 304 g/mol. The number of ether oxygens (including phenoxy) is 1. The Kier molecular flexibility index (Phi) is 4.41. The molecule has 1 fully saturated rings. The first-order valence-corrected chi connectivity index (χ1v) is 8.23. The average Bonchev–Trinajstić information content (AvgIpc) is 2.91. The summed E-state index contributed by atoms with van der Waals surface area (Å²) in [5, 5.41) is 4.01. The highest BCUT2D eigenvalue weighted by molar-refractivity contribution is 7.20. The summed E-state index contributed by atoms with van der Waals surface area (Å²) in [6.07, 6.45) is 4.70. The van der Waals surface area contributed by atoms with Crippen LogP contribution >= 0.6 is 11.3 Å². The van der Waals surface area contributed by atoms with Crippen LogP contribution in [0.25, 0.3) is 10.1 Å². The van der Waals surface area contributed by atoms with Gasteiger partial charge in [-0.1, -0.05) is 0 Å². The SMILES string of the molecule is Nc1ccc2sc(C(=O)NCCC3CCCCO3)cc2c1. The minimum absolute atomic E-state index is 0.00872. The molecule has 3 rings (SSSR count). The summed E-state index contributed by atoms with van der Waals surface area (Å²) in [5.41, 5.74) is 6.49. The molecule has 4 nitrogen and oxygen atoms in total. The summed E-state index contributed by atoms with van der Waals surface area (Å²) in [7, 11) is 0. The lowest BCUT2D eigenvalue weighted by Gasteiger charge is -2.22. The van der Waals surface area contributed by atoms with E-state index in [1.54, 1.807) is 0 Å². The third kappa shape index (κ3) is 3.54. The van der Waals surface area contributed by atoms with E-state index >= 15 is 0 Å². The van der Waals surface area contributed by atoms with Gasteiger partial charge in [0.25, 0.3) is 5.91 Å². The predicted octanol–water partition coefficient (Wildman–Crippen LogP) is 3.17. The van der Waals surface area contributed by atoms with Crippen LogP contribution in [0.3, 0.4) is 0 Å². The maximum Gasteiger partial charge on any atom is 0.261 e. The Morgan fingerprint density at radius 3 is 3.10 bits per heavy atom. The number of nitrogens with one attached hydrogen (secondary N) is 1. The molecule has 112 valence electrons. The van der Waals surface area contributed by atoms with Gasteiger partial charge in [0.15, 0.2) is 0 Å². The van der Waals surface area contributed by atoms with Gasteiger partial charge in [-0.05, 0) is 55.3 Å². The number of fused-ring (bicyclic) bond motifs is 1. The molecule has 0 aliphatic carbocycles. The maximum absolute atomic E-state index is 12.2. The molecule has 3 N–H and O–H groups in total. The summed E-state index contributed by atoms with van der Waals surface area (Å²) in [6, 6.07) is 7.63. The third-order valence-corrected chi connectivity index (χ3v) is 4.90. The Morgan fingerprint density at radius 2 is 2.29 bits per heavy atom. The van der Waals surface area contributed by atoms with Crippen molar-refractivity contribution in [3.8, 4) is 0 Å². The van der Waals surface area contributed by atoms with Crippen LogP contribution in [0.1, 0.15) is 35.4 Å². The van der Waals surface area contributed by atoms with E-state index in [-0.39, 0.29) is 5.91 Å². The van der Waals surface area contributed by atoms with Crippen LogP contribution < -0.4 is 11.1 Å². The van der Waals surface area contributed by atoms with Crippen LogP contribution in [0, 0.1) is 0 Å². The van der Waals surface area contributed by atoms with Gasteiger partial charge in [-0.3, -0.25) is 4.79 Å². The van der Waals surface area contributed by atoms with Crippen molar-refractivity contribution in [3.05, 3.63) is 29.1 Å². The summed E-state index contributed by atoms with van der Waals surface area (Å²) in [6.45, 7) is 1.52. The second-order valence-electron chi connectivity index (χ2n) is 5.44. The van der Waals surface area contributed by atoms with Gasteiger partial charge in [0.2, 0.25) is 0 Å². The number of nitrogen functional groups attached to an aromatic ring is 1. The molecule has 0 spiro atoms. The second kappa shape index (κ2) is 6.45. The molecule has 1 aliphatic heterocycles. The summed E-state index contributed by atoms with van der Waals surface area (Å²) < 4.78 is 6.75. The van der Waals surface area contributed by atoms with Gasteiger partial charge in [0.05, 0.1) is 11.0 Å². The van der Waals surface area contributed by atoms with Crippen LogP contribution in [-0.2, 0) is 4.74 Å². The third-order valence-electron chi connectivity index (χ3n) is 3.79. The molecule has 1 amide bonds. The first-order valence-electron chi connectivity index (χ1n) is 7.41. The largest absolute Gasteiger partial charge is 0.399 e. The van der Waals surface area contributed by atoms with Gasteiger partial charge < -0.3 is 15.8 Å². The normalized spacial score (nSPS) is 18.8. The van der Waals surface area contributed by atoms with Crippen molar-refractivity contribution in [2.75, 3.05) is 18.9 Å². The fourth-order valence-electron chi connectivity index (χ4n) is 2.64. The number of benzene rings is 1. The number of nitrogens with two attached hydrogens (primary N) is 1. The molecular weight excluding hydrogens is 284 g/mol. The van der Waals surface area contributed by atoms with E-state index in [0.29, 0.717) is 12.6 Å². The van der Waals surface area contributed by atoms with Crippen LogP contribution in [0.2, 0.25) is 0 Å². The van der Waals surface area contributed by atoms with E-state index in [2.05, 4.69) is 5.32 Å². The van der Waals surface area contributed by atoms with E-state index in [4.69, 9.17) is 10.5 Å². The smallest absolute Gasteiger partial charge is 0.261 e. The lowest BCUT2D eigenvalue weighted by molar-refractivity contribution is 0.0117. The van der Waals surface area contributed by atoms with Crippen LogP contribution in [0.15, 0.2) is 24.3 Å². The predicted molar refractivity (Wildman–Crippen MR) is 86.8 cm³/mol. The zero-order valence-electron chi connectivity index (χ0n) is 11.9. The first kappa shape index (κ1) is 14.4. The Balaban J connectivity index is 1.56. The number of rotatable bonds is 4. The van der Waals surface area contributed by atoms with Crippen molar-refractivity contribution >= 4 is 33.0 Å². The molecule has 1 saturated heterocycles. The molecular formula is C16H20N2O2S. The van der Waals surface area contributed by atoms with E-state index < -0.39 is 0 Å². The molecule has 1 aliphatic rings. The molecule has 2 heterocycles. The van der Waals surface area contributed by atoms with Crippen LogP contribution in [0.5, 0.6) is 0 Å². The number of carbonyl (C=O) groups is 1. The highest BCUT2D eigenvalue weighted by Crippen LogP contribution is 2.27. The fourth-order valence-corrected chi connectivity index (χ4v) is 3.60. The summed E-state index contributed by atoms with van der Waals surface area (Å²) in [5.74, 6) is -0.00872. The molecule has 0 radical (unpaired) electrons. The number of amides is 1. The number of anilines is 1. The molecule has 1 unspecified atom stereocenters. The number of hydrogen-bond donors (Lipinski definition) is 2. The lowest BCUT2D eigenvalue weighted by atomic mass is 10.1. The molecule has 1 aromatic carbocycles. The highest BCUT2D eigenvalue weighted by Gasteiger charge is 2.15. The van der Waals surface area contributed by atoms with Crippen molar-refractivity contribution < 1.29 is 9.53 Å². The minimum atomic E-state index is -0.00872. The lowest BCUT2D eigenvalue weighted by Crippen LogP contribution is -2.28. The van der Waals surface area contributed by atoms with Gasteiger partial charge in [-0.2, -0.15) is 0 Å². The Morgan fingerprint density at radius 1 is 1.38 bits per heavy atom. The zero-order chi connectivity index (χ0) is 14.7. The van der Waals surface area contributed by atoms with Gasteiger partial charge in [0.1, 0.15) is 0 Å². The van der Waals surface area contributed by atoms with Crippen molar-refractivity contribution in [2.24, 2.45) is 0 Å². The summed E-state index contributed by atoms with van der Waals surface area (Å²) >= 11 is 1.50.